The molecule has 11 heteroatoms. The summed E-state index contributed by atoms with van der Waals surface area (Å²) in [7, 11) is 0. The predicted molar refractivity (Wildman–Crippen MR) is 178 cm³/mol. The van der Waals surface area contributed by atoms with Crippen molar-refractivity contribution in [1.82, 2.24) is 15.2 Å². The molecule has 0 saturated heterocycles. The summed E-state index contributed by atoms with van der Waals surface area (Å²) in [5, 5.41) is 5.45. The molecule has 0 aliphatic heterocycles. The van der Waals surface area contributed by atoms with Crippen molar-refractivity contribution in [1.29, 1.82) is 0 Å². The number of hydrogen-bond acceptors (Lipinski definition) is 5. The molecule has 46 heavy (non-hydrogen) atoms. The summed E-state index contributed by atoms with van der Waals surface area (Å²) >= 11 is 1.44. The third-order valence-corrected chi connectivity index (χ3v) is 7.82. The molecule has 2 N–H and O–H groups in total. The average Bonchev–Trinajstić information content (AvgIpc) is 3.79. The first kappa shape index (κ1) is 37.5. The maximum atomic E-state index is 13.4. The number of aromatic nitrogens is 1. The monoisotopic (exact) mass is 652 g/mol. The number of thiophene rings is 1. The Bertz CT molecular complexity index is 1520. The van der Waals surface area contributed by atoms with Crippen LogP contribution in [0.5, 0.6) is 0 Å². The van der Waals surface area contributed by atoms with Crippen LogP contribution in [0.4, 0.5) is 18.9 Å². The minimum absolute atomic E-state index is 0.0775. The van der Waals surface area contributed by atoms with E-state index in [9.17, 15) is 27.6 Å². The van der Waals surface area contributed by atoms with E-state index in [-0.39, 0.29) is 23.5 Å². The number of amides is 3. The molecule has 1 aromatic carbocycles. The summed E-state index contributed by atoms with van der Waals surface area (Å²) in [6.45, 7) is 10.4. The van der Waals surface area contributed by atoms with Crippen LogP contribution in [0.3, 0.4) is 0 Å². The zero-order valence-corrected chi connectivity index (χ0v) is 27.0. The molecule has 4 rings (SSSR count). The molecule has 0 atom stereocenters. The second kappa shape index (κ2) is 18.3. The van der Waals surface area contributed by atoms with Crippen molar-refractivity contribution in [2.75, 3.05) is 18.4 Å². The lowest BCUT2D eigenvalue weighted by Crippen LogP contribution is -2.33. The van der Waals surface area contributed by atoms with Crippen LogP contribution in [0, 0.1) is 12.8 Å². The molecule has 1 saturated carbocycles. The van der Waals surface area contributed by atoms with Crippen LogP contribution >= 0.6 is 11.3 Å². The summed E-state index contributed by atoms with van der Waals surface area (Å²) in [4.78, 5) is 45.6. The molecule has 0 spiro atoms. The van der Waals surface area contributed by atoms with Gasteiger partial charge in [-0.2, -0.15) is 13.2 Å². The van der Waals surface area contributed by atoms with E-state index in [1.54, 1.807) is 11.0 Å². The number of carbonyl (C=O) groups excluding carboxylic acids is 3. The first-order valence-electron chi connectivity index (χ1n) is 14.8. The van der Waals surface area contributed by atoms with Gasteiger partial charge < -0.3 is 15.5 Å². The van der Waals surface area contributed by atoms with Crippen molar-refractivity contribution in [2.24, 2.45) is 0 Å². The van der Waals surface area contributed by atoms with Gasteiger partial charge in [-0.15, -0.1) is 30.8 Å². The molecule has 0 unspecified atom stereocenters. The van der Waals surface area contributed by atoms with Gasteiger partial charge in [-0.25, -0.2) is 0 Å². The highest BCUT2D eigenvalue weighted by atomic mass is 32.1. The maximum Gasteiger partial charge on any atom is 0.417 e. The average molecular weight is 653 g/mol. The van der Waals surface area contributed by atoms with Gasteiger partial charge in [0.15, 0.2) is 0 Å². The highest BCUT2D eigenvalue weighted by molar-refractivity contribution is 7.14. The Balaban J connectivity index is 0.00000177. The van der Waals surface area contributed by atoms with Crippen LogP contribution in [-0.4, -0.2) is 46.7 Å². The summed E-state index contributed by atoms with van der Waals surface area (Å²) in [6, 6.07) is 8.86. The Morgan fingerprint density at radius 2 is 1.78 bits per heavy atom. The van der Waals surface area contributed by atoms with Crippen LogP contribution in [0.25, 0.3) is 0 Å². The number of hydrogen-bond donors (Lipinski definition) is 2. The number of nitrogens with zero attached hydrogens (tertiary/aromatic N) is 2. The fourth-order valence-corrected chi connectivity index (χ4v) is 5.35. The first-order valence-corrected chi connectivity index (χ1v) is 15.6. The van der Waals surface area contributed by atoms with Crippen LogP contribution in [0.15, 0.2) is 73.6 Å². The molecular weight excluding hydrogens is 613 g/mol. The van der Waals surface area contributed by atoms with Gasteiger partial charge in [-0.1, -0.05) is 32.1 Å². The third kappa shape index (κ3) is 10.7. The van der Waals surface area contributed by atoms with Gasteiger partial charge in [-0.3, -0.25) is 19.4 Å². The molecule has 1 fully saturated rings. The van der Waals surface area contributed by atoms with E-state index in [1.807, 2.05) is 39.0 Å². The molecule has 3 aromatic rings. The van der Waals surface area contributed by atoms with Crippen molar-refractivity contribution < 1.29 is 27.6 Å². The van der Waals surface area contributed by atoms with Gasteiger partial charge in [-0.05, 0) is 74.6 Å². The molecule has 3 amide bonds. The number of rotatable bonds is 12. The predicted octanol–water partition coefficient (Wildman–Crippen LogP) is 7.57. The van der Waals surface area contributed by atoms with Crippen LogP contribution in [0.1, 0.15) is 80.0 Å². The number of pyridine rings is 1. The summed E-state index contributed by atoms with van der Waals surface area (Å²) < 4.78 is 39.9. The summed E-state index contributed by atoms with van der Waals surface area (Å²) in [5.74, 6) is -1.28. The minimum atomic E-state index is -4.71. The van der Waals surface area contributed by atoms with E-state index in [0.717, 1.165) is 41.7 Å². The smallest absolute Gasteiger partial charge is 0.349 e. The van der Waals surface area contributed by atoms with Crippen molar-refractivity contribution in [3.05, 3.63) is 106 Å². The first-order chi connectivity index (χ1) is 22.1. The Hall–Kier alpha value is -4.69. The number of halogens is 3. The fourth-order valence-electron chi connectivity index (χ4n) is 4.24. The lowest BCUT2D eigenvalue weighted by molar-refractivity contribution is -0.138. The molecule has 2 aromatic heterocycles. The van der Waals surface area contributed by atoms with Crippen LogP contribution in [-0.2, 0) is 19.0 Å². The second-order valence-corrected chi connectivity index (χ2v) is 11.0. The molecule has 0 radical (unpaired) electrons. The zero-order chi connectivity index (χ0) is 34.3. The number of anilines is 1. The topological polar surface area (TPSA) is 91.4 Å². The van der Waals surface area contributed by atoms with E-state index < -0.39 is 23.2 Å². The van der Waals surface area contributed by atoms with E-state index in [0.29, 0.717) is 36.4 Å². The summed E-state index contributed by atoms with van der Waals surface area (Å²) in [5.41, 5.74) is -0.0984. The van der Waals surface area contributed by atoms with Gasteiger partial charge in [0.25, 0.3) is 17.7 Å². The molecule has 1 aliphatic rings. The molecule has 7 nitrogen and oxygen atoms in total. The lowest BCUT2D eigenvalue weighted by atomic mass is 10.1. The Kier molecular flexibility index (Phi) is 14.9. The van der Waals surface area contributed by atoms with Crippen molar-refractivity contribution in [3.63, 3.8) is 0 Å². The number of allylic oxidation sites excluding steroid dienone is 2. The minimum Gasteiger partial charge on any atom is -0.349 e. The standard InChI is InChI=1S/C31H31F3N4O3S.C2H6.C2H2/c1-3-5-16-38(17-14-21-18-27(42-26(21)6-4-2)29(40)37-23-11-12-23)30(41)20-7-9-22(10-8-20)36-28(39)24-19-35-15-13-25(24)31(32,33)34;2*1-2/h3-5,7-10,13,15,18-19,23H,2,6,11-12,14,16-17H2,1H3,(H,36,39)(H,37,40);1-2H3;1-2H/b5-3-;;. The maximum absolute atomic E-state index is 13.4. The molecule has 0 bridgehead atoms. The molecule has 1 aliphatic carbocycles. The largest absolute Gasteiger partial charge is 0.417 e. The molecule has 2 heterocycles. The lowest BCUT2D eigenvalue weighted by Gasteiger charge is -2.22. The van der Waals surface area contributed by atoms with Crippen molar-refractivity contribution in [2.45, 2.75) is 58.7 Å². The Morgan fingerprint density at radius 1 is 1.11 bits per heavy atom. The highest BCUT2D eigenvalue weighted by Crippen LogP contribution is 2.32. The van der Waals surface area contributed by atoms with Gasteiger partial charge in [0.1, 0.15) is 0 Å². The number of terminal acetylenes is 1. The number of carbonyl (C=O) groups is 3. The van der Waals surface area contributed by atoms with E-state index >= 15 is 0 Å². The summed E-state index contributed by atoms with van der Waals surface area (Å²) in [6.07, 6.45) is 13.8. The van der Waals surface area contributed by atoms with E-state index in [1.165, 1.54) is 35.6 Å². The molecular formula is C35H39F3N4O3S. The number of nitrogens with one attached hydrogen (secondary N) is 2. The second-order valence-electron chi connectivity index (χ2n) is 9.82. The van der Waals surface area contributed by atoms with Gasteiger partial charge in [0.05, 0.1) is 16.0 Å². The SMILES string of the molecule is C#C.C=CCc1sc(C(=O)NC2CC2)cc1CCN(C/C=C\C)C(=O)c1ccc(NC(=O)c2cnccc2C(F)(F)F)cc1.CC. The van der Waals surface area contributed by atoms with Crippen LogP contribution in [0.2, 0.25) is 0 Å². The van der Waals surface area contributed by atoms with Gasteiger partial charge in [0, 0.05) is 47.7 Å². The Labute approximate surface area is 272 Å². The van der Waals surface area contributed by atoms with Crippen molar-refractivity contribution in [3.8, 4) is 12.8 Å². The van der Waals surface area contributed by atoms with E-state index in [2.05, 4.69) is 35.0 Å². The van der Waals surface area contributed by atoms with E-state index in [4.69, 9.17) is 0 Å². The number of alkyl halides is 3. The van der Waals surface area contributed by atoms with Crippen molar-refractivity contribution >= 4 is 34.7 Å². The zero-order valence-electron chi connectivity index (χ0n) is 26.2. The number of benzene rings is 1. The van der Waals surface area contributed by atoms with Crippen LogP contribution < -0.4 is 10.6 Å². The van der Waals surface area contributed by atoms with Gasteiger partial charge >= 0.3 is 6.18 Å². The normalized spacial score (nSPS) is 12.2. The Morgan fingerprint density at radius 3 is 2.37 bits per heavy atom. The fraction of sp³-hybridized carbons (Fsp3) is 0.314. The quantitative estimate of drug-likeness (QED) is 0.156. The van der Waals surface area contributed by atoms with Gasteiger partial charge in [0.2, 0.25) is 0 Å². The molecule has 244 valence electrons. The third-order valence-electron chi connectivity index (χ3n) is 6.62. The highest BCUT2D eigenvalue weighted by Gasteiger charge is 2.35.